The second kappa shape index (κ2) is 9.97. The Morgan fingerprint density at radius 2 is 1.87 bits per heavy atom. The van der Waals surface area contributed by atoms with E-state index >= 15 is 0 Å². The van der Waals surface area contributed by atoms with Crippen molar-refractivity contribution < 1.29 is 9.72 Å². The first kappa shape index (κ1) is 21.4. The maximum Gasteiger partial charge on any atom is 0.432 e. The largest absolute Gasteiger partial charge is 0.432 e. The molecule has 0 aliphatic rings. The first-order valence-corrected chi connectivity index (χ1v) is 9.49. The Hall–Kier alpha value is -4.27. The first-order valence-electron chi connectivity index (χ1n) is 9.49. The van der Waals surface area contributed by atoms with Crippen LogP contribution in [-0.2, 0) is 17.8 Å². The minimum atomic E-state index is -0.575. The molecule has 0 aliphatic heterocycles. The summed E-state index contributed by atoms with van der Waals surface area (Å²) in [5, 5.41) is 13.6. The van der Waals surface area contributed by atoms with E-state index in [4.69, 9.17) is 5.73 Å². The molecule has 0 aliphatic carbocycles. The summed E-state index contributed by atoms with van der Waals surface area (Å²) in [6.07, 6.45) is 4.86. The normalized spacial score (nSPS) is 11.6. The van der Waals surface area contributed by atoms with E-state index in [1.165, 1.54) is 12.4 Å². The Morgan fingerprint density at radius 3 is 2.45 bits per heavy atom. The molecule has 3 aromatic rings. The van der Waals surface area contributed by atoms with Gasteiger partial charge in [0.1, 0.15) is 11.9 Å². The fourth-order valence-corrected chi connectivity index (χ4v) is 2.97. The van der Waals surface area contributed by atoms with Crippen LogP contribution in [0.25, 0.3) is 16.8 Å². The molecule has 0 spiro atoms. The van der Waals surface area contributed by atoms with Gasteiger partial charge in [-0.2, -0.15) is 0 Å². The number of hydrogen-bond donors (Lipinski definition) is 3. The number of nitrogens with one attached hydrogen (secondary N) is 2. The van der Waals surface area contributed by atoms with Gasteiger partial charge in [-0.25, -0.2) is 4.98 Å². The molecule has 0 radical (unpaired) electrons. The highest BCUT2D eigenvalue weighted by Gasteiger charge is 2.12. The number of aromatic amines is 1. The van der Waals surface area contributed by atoms with E-state index in [0.29, 0.717) is 12.2 Å². The molecule has 31 heavy (non-hydrogen) atoms. The number of aliphatic imine (C=N–C) groups is 1. The molecule has 158 valence electrons. The Balaban J connectivity index is 1.54. The Labute approximate surface area is 178 Å². The number of benzene rings is 2. The maximum atomic E-state index is 12.3. The summed E-state index contributed by atoms with van der Waals surface area (Å²) < 4.78 is 0. The second-order valence-electron chi connectivity index (χ2n) is 6.73. The molecule has 9 heteroatoms. The zero-order valence-corrected chi connectivity index (χ0v) is 16.9. The van der Waals surface area contributed by atoms with Gasteiger partial charge in [0.15, 0.2) is 0 Å². The summed E-state index contributed by atoms with van der Waals surface area (Å²) in [6.45, 7) is 0.382. The van der Waals surface area contributed by atoms with E-state index in [1.54, 1.807) is 13.3 Å². The number of amides is 1. The summed E-state index contributed by atoms with van der Waals surface area (Å²) in [5.74, 6) is -0.390. The van der Waals surface area contributed by atoms with Gasteiger partial charge in [-0.05, 0) is 21.6 Å². The molecule has 0 atom stereocenters. The first-order chi connectivity index (χ1) is 15.0. The van der Waals surface area contributed by atoms with Crippen LogP contribution < -0.4 is 11.1 Å². The van der Waals surface area contributed by atoms with E-state index < -0.39 is 4.92 Å². The summed E-state index contributed by atoms with van der Waals surface area (Å²) in [6, 6.07) is 14.9. The van der Waals surface area contributed by atoms with E-state index in [-0.39, 0.29) is 18.3 Å². The van der Waals surface area contributed by atoms with Crippen LogP contribution in [0.4, 0.5) is 5.95 Å². The Bertz CT molecular complexity index is 1110. The molecule has 2 aromatic carbocycles. The highest BCUT2D eigenvalue weighted by Crippen LogP contribution is 2.20. The number of rotatable bonds is 8. The summed E-state index contributed by atoms with van der Waals surface area (Å²) in [7, 11) is 1.68. The van der Waals surface area contributed by atoms with E-state index in [9.17, 15) is 14.9 Å². The van der Waals surface area contributed by atoms with Crippen LogP contribution in [0.1, 0.15) is 16.7 Å². The highest BCUT2D eigenvalue weighted by atomic mass is 16.6. The van der Waals surface area contributed by atoms with E-state index in [1.807, 2.05) is 48.5 Å². The molecule has 0 fully saturated rings. The molecular formula is C22H22N6O3. The SMILES string of the molecule is CN=C/C(=C\N)c1ccc(CC(=O)NCc2ccc(-c3cnc([N+](=O)[O-])[nH]3)cc2)cc1. The number of nitrogens with zero attached hydrogens (tertiary/aromatic N) is 3. The number of allylic oxidation sites excluding steroid dienone is 1. The molecular weight excluding hydrogens is 396 g/mol. The van der Waals surface area contributed by atoms with Crippen molar-refractivity contribution in [1.29, 1.82) is 0 Å². The van der Waals surface area contributed by atoms with Crippen LogP contribution in [0.5, 0.6) is 0 Å². The average molecular weight is 418 g/mol. The predicted molar refractivity (Wildman–Crippen MR) is 119 cm³/mol. The van der Waals surface area contributed by atoms with Crippen molar-refractivity contribution in [2.75, 3.05) is 7.05 Å². The molecule has 0 unspecified atom stereocenters. The average Bonchev–Trinajstić information content (AvgIpc) is 3.28. The maximum absolute atomic E-state index is 12.3. The number of nitrogens with two attached hydrogens (primary N) is 1. The van der Waals surface area contributed by atoms with Gasteiger partial charge in [-0.1, -0.05) is 53.5 Å². The van der Waals surface area contributed by atoms with Crippen molar-refractivity contribution in [3.63, 3.8) is 0 Å². The van der Waals surface area contributed by atoms with Gasteiger partial charge in [0.05, 0.1) is 6.42 Å². The van der Waals surface area contributed by atoms with Gasteiger partial charge < -0.3 is 21.2 Å². The topological polar surface area (TPSA) is 139 Å². The minimum absolute atomic E-state index is 0.0919. The van der Waals surface area contributed by atoms with Crippen molar-refractivity contribution >= 4 is 23.6 Å². The minimum Gasteiger partial charge on any atom is -0.404 e. The molecule has 1 aromatic heterocycles. The molecule has 0 bridgehead atoms. The monoisotopic (exact) mass is 418 g/mol. The molecule has 9 nitrogen and oxygen atoms in total. The van der Waals surface area contributed by atoms with E-state index in [0.717, 1.165) is 27.8 Å². The van der Waals surface area contributed by atoms with Gasteiger partial charge in [-0.3, -0.25) is 9.79 Å². The summed E-state index contributed by atoms with van der Waals surface area (Å²) in [4.78, 5) is 32.8. The smallest absolute Gasteiger partial charge is 0.404 e. The Kier molecular flexibility index (Phi) is 6.89. The molecule has 4 N–H and O–H groups in total. The standard InChI is InChI=1S/C22H22N6O3/c1-24-13-19(11-23)17-6-2-15(3-7-17)10-21(29)25-12-16-4-8-18(9-5-16)20-14-26-22(27-20)28(30)31/h2-9,11,13-14H,10,12,23H2,1H3,(H,25,29)(H,26,27)/b19-11+,24-13?. The van der Waals surface area contributed by atoms with Crippen LogP contribution in [-0.4, -0.2) is 34.1 Å². The number of carbonyl (C=O) groups is 1. The predicted octanol–water partition coefficient (Wildman–Crippen LogP) is 2.84. The zero-order valence-electron chi connectivity index (χ0n) is 16.9. The van der Waals surface area contributed by atoms with Crippen LogP contribution in [0.2, 0.25) is 0 Å². The third kappa shape index (κ3) is 5.63. The molecule has 0 saturated carbocycles. The lowest BCUT2D eigenvalue weighted by molar-refractivity contribution is -0.393. The molecule has 1 amide bonds. The quantitative estimate of drug-likeness (QED) is 0.293. The number of H-pyrrole nitrogens is 1. The van der Waals surface area contributed by atoms with Gasteiger partial charge in [-0.15, -0.1) is 0 Å². The van der Waals surface area contributed by atoms with Crippen LogP contribution in [0.3, 0.4) is 0 Å². The number of hydrogen-bond acceptors (Lipinski definition) is 6. The Morgan fingerprint density at radius 1 is 1.19 bits per heavy atom. The number of carbonyl (C=O) groups excluding carboxylic acids is 1. The van der Waals surface area contributed by atoms with Crippen molar-refractivity contribution in [2.24, 2.45) is 10.7 Å². The molecule has 3 rings (SSSR count). The van der Waals surface area contributed by atoms with Crippen molar-refractivity contribution in [1.82, 2.24) is 15.3 Å². The second-order valence-corrected chi connectivity index (χ2v) is 6.73. The van der Waals surface area contributed by atoms with E-state index in [2.05, 4.69) is 20.3 Å². The molecule has 1 heterocycles. The zero-order chi connectivity index (χ0) is 22.2. The van der Waals surface area contributed by atoms with Crippen LogP contribution in [0, 0.1) is 10.1 Å². The van der Waals surface area contributed by atoms with Gasteiger partial charge in [0.2, 0.25) is 5.91 Å². The lowest BCUT2D eigenvalue weighted by atomic mass is 10.0. The van der Waals surface area contributed by atoms with Gasteiger partial charge >= 0.3 is 5.95 Å². The van der Waals surface area contributed by atoms with Crippen molar-refractivity contribution in [3.8, 4) is 11.3 Å². The van der Waals surface area contributed by atoms with Crippen LogP contribution >= 0.6 is 0 Å². The third-order valence-electron chi connectivity index (χ3n) is 4.59. The van der Waals surface area contributed by atoms with Gasteiger partial charge in [0.25, 0.3) is 0 Å². The lowest BCUT2D eigenvalue weighted by Crippen LogP contribution is -2.24. The van der Waals surface area contributed by atoms with Gasteiger partial charge in [0, 0.05) is 37.1 Å². The van der Waals surface area contributed by atoms with Crippen molar-refractivity contribution in [2.45, 2.75) is 13.0 Å². The highest BCUT2D eigenvalue weighted by molar-refractivity contribution is 6.09. The fraction of sp³-hybridized carbons (Fsp3) is 0.136. The molecule has 0 saturated heterocycles. The van der Waals surface area contributed by atoms with Crippen LogP contribution in [0.15, 0.2) is 65.9 Å². The fourth-order valence-electron chi connectivity index (χ4n) is 2.97. The lowest BCUT2D eigenvalue weighted by Gasteiger charge is -2.07. The summed E-state index contributed by atoms with van der Waals surface area (Å²) in [5.41, 5.74) is 10.5. The van der Waals surface area contributed by atoms with Crippen molar-refractivity contribution in [3.05, 3.63) is 87.7 Å². The number of nitro groups is 1. The number of aromatic nitrogens is 2. The number of imidazole rings is 1. The summed E-state index contributed by atoms with van der Waals surface area (Å²) >= 11 is 0. The third-order valence-corrected chi connectivity index (χ3v) is 4.59.